The molecule has 0 aromatic carbocycles. The van der Waals surface area contributed by atoms with Crippen molar-refractivity contribution in [3.8, 4) is 0 Å². The highest BCUT2D eigenvalue weighted by molar-refractivity contribution is 7.99. The highest BCUT2D eigenvalue weighted by Gasteiger charge is 2.35. The molecule has 2 amide bonds. The van der Waals surface area contributed by atoms with Crippen molar-refractivity contribution in [1.82, 2.24) is 10.2 Å². The van der Waals surface area contributed by atoms with Gasteiger partial charge in [-0.15, -0.1) is 0 Å². The molecule has 0 aromatic rings. The molecule has 2 unspecified atom stereocenters. The summed E-state index contributed by atoms with van der Waals surface area (Å²) in [4.78, 5) is 24.8. The van der Waals surface area contributed by atoms with Gasteiger partial charge in [-0.3, -0.25) is 4.79 Å². The van der Waals surface area contributed by atoms with Crippen LogP contribution in [0, 0.1) is 5.92 Å². The van der Waals surface area contributed by atoms with Crippen molar-refractivity contribution in [3.63, 3.8) is 0 Å². The topological polar surface area (TPSA) is 78.9 Å². The van der Waals surface area contributed by atoms with E-state index in [0.29, 0.717) is 0 Å². The molecule has 2 saturated heterocycles. The third-order valence-corrected chi connectivity index (χ3v) is 4.26. The third kappa shape index (κ3) is 3.29. The Labute approximate surface area is 110 Å². The lowest BCUT2D eigenvalue weighted by atomic mass is 10.0. The molecular weight excluding hydrogens is 256 g/mol. The average molecular weight is 274 g/mol. The highest BCUT2D eigenvalue weighted by Crippen LogP contribution is 2.15. The number of ether oxygens (including phenoxy) is 1. The Bertz CT molecular complexity index is 318. The van der Waals surface area contributed by atoms with Crippen LogP contribution >= 0.6 is 11.8 Å². The van der Waals surface area contributed by atoms with Crippen molar-refractivity contribution in [2.45, 2.75) is 12.5 Å². The fourth-order valence-electron chi connectivity index (χ4n) is 2.14. The first kappa shape index (κ1) is 13.5. The fraction of sp³-hybridized carbons (Fsp3) is 0.818. The maximum atomic E-state index is 12.0. The molecule has 2 aliphatic rings. The van der Waals surface area contributed by atoms with E-state index in [1.165, 1.54) is 0 Å². The highest BCUT2D eigenvalue weighted by atomic mass is 32.2. The van der Waals surface area contributed by atoms with Crippen LogP contribution in [0.4, 0.5) is 4.79 Å². The molecule has 0 bridgehead atoms. The van der Waals surface area contributed by atoms with Crippen molar-refractivity contribution >= 4 is 23.8 Å². The molecule has 18 heavy (non-hydrogen) atoms. The number of carboxylic acid groups (broad SMARTS) is 1. The van der Waals surface area contributed by atoms with Gasteiger partial charge in [0.1, 0.15) is 5.92 Å². The van der Waals surface area contributed by atoms with Gasteiger partial charge in [0.05, 0.1) is 19.3 Å². The van der Waals surface area contributed by atoms with Crippen LogP contribution in [0.2, 0.25) is 0 Å². The smallest absolute Gasteiger partial charge is 0.317 e. The number of thioether (sulfide) groups is 1. The standard InChI is InChI=1S/C11H18N2O4S/c14-10(15)8-6-17-7-9(8)12-11(16)13-2-1-4-18-5-3-13/h8-9H,1-7H2,(H,12,16)(H,14,15). The van der Waals surface area contributed by atoms with Crippen molar-refractivity contribution < 1.29 is 19.4 Å². The van der Waals surface area contributed by atoms with E-state index in [1.807, 2.05) is 11.8 Å². The van der Waals surface area contributed by atoms with Crippen LogP contribution in [0.15, 0.2) is 0 Å². The lowest BCUT2D eigenvalue weighted by molar-refractivity contribution is -0.142. The Morgan fingerprint density at radius 1 is 1.28 bits per heavy atom. The summed E-state index contributed by atoms with van der Waals surface area (Å²) in [6, 6.07) is -0.579. The van der Waals surface area contributed by atoms with Gasteiger partial charge in [-0.25, -0.2) is 4.79 Å². The summed E-state index contributed by atoms with van der Waals surface area (Å²) >= 11 is 1.84. The van der Waals surface area contributed by atoms with Gasteiger partial charge in [-0.2, -0.15) is 11.8 Å². The molecule has 2 rings (SSSR count). The Kier molecular flexibility index (Phi) is 4.71. The van der Waals surface area contributed by atoms with Crippen molar-refractivity contribution in [2.24, 2.45) is 5.92 Å². The molecule has 2 fully saturated rings. The number of amides is 2. The zero-order chi connectivity index (χ0) is 13.0. The summed E-state index contributed by atoms with van der Waals surface area (Å²) < 4.78 is 5.13. The molecule has 0 aliphatic carbocycles. The first-order chi connectivity index (χ1) is 8.68. The number of hydrogen-bond donors (Lipinski definition) is 2. The second-order valence-electron chi connectivity index (χ2n) is 4.49. The van der Waals surface area contributed by atoms with E-state index in [0.717, 1.165) is 31.0 Å². The second kappa shape index (κ2) is 6.29. The molecule has 102 valence electrons. The molecule has 2 aliphatic heterocycles. The van der Waals surface area contributed by atoms with Crippen LogP contribution < -0.4 is 5.32 Å². The SMILES string of the molecule is O=C(O)C1COCC1NC(=O)N1CCCSCC1. The van der Waals surface area contributed by atoms with Gasteiger partial charge in [0, 0.05) is 18.8 Å². The quantitative estimate of drug-likeness (QED) is 0.754. The molecule has 7 heteroatoms. The summed E-state index contributed by atoms with van der Waals surface area (Å²) in [5.41, 5.74) is 0. The van der Waals surface area contributed by atoms with E-state index in [2.05, 4.69) is 5.32 Å². The second-order valence-corrected chi connectivity index (χ2v) is 5.72. The molecule has 2 N–H and O–H groups in total. The van der Waals surface area contributed by atoms with Crippen LogP contribution in [0.5, 0.6) is 0 Å². The Morgan fingerprint density at radius 2 is 2.11 bits per heavy atom. The number of carboxylic acids is 1. The number of carbonyl (C=O) groups excluding carboxylic acids is 1. The minimum atomic E-state index is -0.913. The summed E-state index contributed by atoms with van der Waals surface area (Å²) in [7, 11) is 0. The molecule has 0 aromatic heterocycles. The molecule has 0 saturated carbocycles. The predicted octanol–water partition coefficient (Wildman–Crippen LogP) is 0.234. The van der Waals surface area contributed by atoms with Crippen molar-refractivity contribution in [3.05, 3.63) is 0 Å². The summed E-state index contributed by atoms with van der Waals surface area (Å²) in [5.74, 6) is 0.477. The van der Waals surface area contributed by atoms with Gasteiger partial charge >= 0.3 is 12.0 Å². The van der Waals surface area contributed by atoms with E-state index in [-0.39, 0.29) is 19.2 Å². The maximum Gasteiger partial charge on any atom is 0.317 e. The normalized spacial score (nSPS) is 28.8. The van der Waals surface area contributed by atoms with Gasteiger partial charge in [-0.1, -0.05) is 0 Å². The van der Waals surface area contributed by atoms with Gasteiger partial charge in [0.15, 0.2) is 0 Å². The molecule has 2 heterocycles. The number of nitrogens with one attached hydrogen (secondary N) is 1. The maximum absolute atomic E-state index is 12.0. The molecule has 6 nitrogen and oxygen atoms in total. The van der Waals surface area contributed by atoms with Crippen LogP contribution in [-0.2, 0) is 9.53 Å². The molecule has 2 atom stereocenters. The lowest BCUT2D eigenvalue weighted by Crippen LogP contribution is -2.49. The Hall–Kier alpha value is -0.950. The Morgan fingerprint density at radius 3 is 2.89 bits per heavy atom. The first-order valence-corrected chi connectivity index (χ1v) is 7.27. The van der Waals surface area contributed by atoms with Crippen LogP contribution in [-0.4, -0.2) is 65.9 Å². The number of rotatable bonds is 2. The van der Waals surface area contributed by atoms with Crippen LogP contribution in [0.3, 0.4) is 0 Å². The zero-order valence-electron chi connectivity index (χ0n) is 10.1. The van der Waals surface area contributed by atoms with E-state index in [4.69, 9.17) is 9.84 Å². The van der Waals surface area contributed by atoms with E-state index in [9.17, 15) is 9.59 Å². The number of urea groups is 1. The minimum absolute atomic E-state index is 0.167. The van der Waals surface area contributed by atoms with Crippen molar-refractivity contribution in [1.29, 1.82) is 0 Å². The molecule has 0 radical (unpaired) electrons. The fourth-order valence-corrected chi connectivity index (χ4v) is 3.03. The largest absolute Gasteiger partial charge is 0.481 e. The van der Waals surface area contributed by atoms with Gasteiger partial charge in [0.25, 0.3) is 0 Å². The monoisotopic (exact) mass is 274 g/mol. The number of nitrogens with zero attached hydrogens (tertiary/aromatic N) is 1. The molecule has 0 spiro atoms. The number of hydrogen-bond acceptors (Lipinski definition) is 4. The van der Waals surface area contributed by atoms with Crippen LogP contribution in [0.1, 0.15) is 6.42 Å². The average Bonchev–Trinajstić information content (AvgIpc) is 2.63. The summed E-state index contributed by atoms with van der Waals surface area (Å²) in [5, 5.41) is 11.8. The zero-order valence-corrected chi connectivity index (χ0v) is 10.9. The minimum Gasteiger partial charge on any atom is -0.481 e. The van der Waals surface area contributed by atoms with E-state index in [1.54, 1.807) is 4.90 Å². The summed E-state index contributed by atoms with van der Waals surface area (Å²) in [6.07, 6.45) is 0.988. The predicted molar refractivity (Wildman–Crippen MR) is 67.8 cm³/mol. The number of aliphatic carboxylic acids is 1. The van der Waals surface area contributed by atoms with E-state index >= 15 is 0 Å². The van der Waals surface area contributed by atoms with Crippen LogP contribution in [0.25, 0.3) is 0 Å². The third-order valence-electron chi connectivity index (χ3n) is 3.22. The van der Waals surface area contributed by atoms with Gasteiger partial charge in [0.2, 0.25) is 0 Å². The number of carbonyl (C=O) groups is 2. The van der Waals surface area contributed by atoms with Crippen molar-refractivity contribution in [2.75, 3.05) is 37.8 Å². The van der Waals surface area contributed by atoms with Gasteiger partial charge < -0.3 is 20.1 Å². The van der Waals surface area contributed by atoms with E-state index < -0.39 is 17.9 Å². The summed E-state index contributed by atoms with van der Waals surface area (Å²) in [6.45, 7) is 1.92. The molecular formula is C11H18N2O4S. The first-order valence-electron chi connectivity index (χ1n) is 6.12. The van der Waals surface area contributed by atoms with Gasteiger partial charge in [-0.05, 0) is 12.2 Å². The lowest BCUT2D eigenvalue weighted by Gasteiger charge is -2.24. The Balaban J connectivity index is 1.87.